The average molecular weight is 1660 g/mol. The smallest absolute Gasteiger partial charge is 0.326 e. The highest BCUT2D eigenvalue weighted by Gasteiger charge is 2.26. The second kappa shape index (κ2) is 80.2. The summed E-state index contributed by atoms with van der Waals surface area (Å²) in [6.07, 6.45) is 33.0. The summed E-state index contributed by atoms with van der Waals surface area (Å²) in [6.45, 7) is 5.21. The van der Waals surface area contributed by atoms with Crippen molar-refractivity contribution in [1.29, 1.82) is 0 Å². The minimum Gasteiger partial charge on any atom is -0.481 e. The molecule has 0 spiro atoms. The molecule has 4 atom stereocenters. The number of carboxylic acids is 4. The minimum absolute atomic E-state index is 0.0350. The van der Waals surface area contributed by atoms with E-state index >= 15 is 0 Å². The molecule has 0 aromatic heterocycles. The second-order valence-electron chi connectivity index (χ2n) is 29.1. The Labute approximate surface area is 689 Å². The highest BCUT2D eigenvalue weighted by Crippen LogP contribution is 2.20. The Morgan fingerprint density at radius 1 is 0.293 bits per heavy atom. The summed E-state index contributed by atoms with van der Waals surface area (Å²) in [5.74, 6) is -5.67. The Kier molecular flexibility index (Phi) is 75.2. The van der Waals surface area contributed by atoms with Gasteiger partial charge in [0, 0.05) is 109 Å². The van der Waals surface area contributed by atoms with Gasteiger partial charge < -0.3 is 95.0 Å². The van der Waals surface area contributed by atoms with Gasteiger partial charge in [-0.2, -0.15) is 0 Å². The molecule has 6 amide bonds. The van der Waals surface area contributed by atoms with Crippen LogP contribution in [0.15, 0.2) is 0 Å². The minimum atomic E-state index is -1.23. The number of aliphatic carboxylic acids is 4. The molecule has 0 rings (SSSR count). The number of carboxylic acid groups (broad SMARTS) is 4. The Hall–Kier alpha value is -7.25. The molecule has 2 unspecified atom stereocenters. The first-order valence-electron chi connectivity index (χ1n) is 42.9. The van der Waals surface area contributed by atoms with E-state index in [-0.39, 0.29) is 223 Å². The van der Waals surface area contributed by atoms with Gasteiger partial charge in [-0.05, 0) is 64.2 Å². The first-order chi connectivity index (χ1) is 56.2. The van der Waals surface area contributed by atoms with Crippen LogP contribution in [0.5, 0.6) is 0 Å². The van der Waals surface area contributed by atoms with Crippen LogP contribution >= 0.6 is 0 Å². The molecule has 10 N–H and O–H groups in total. The molecule has 0 fully saturated rings. The van der Waals surface area contributed by atoms with Crippen molar-refractivity contribution >= 4 is 76.9 Å². The van der Waals surface area contributed by atoms with Gasteiger partial charge in [-0.3, -0.25) is 52.7 Å². The average Bonchev–Trinajstić information content (AvgIpc) is 0.938. The molecule has 0 heterocycles. The van der Waals surface area contributed by atoms with Crippen molar-refractivity contribution in [2.45, 2.75) is 295 Å². The molecule has 668 valence electrons. The number of esters is 1. The molecule has 0 saturated heterocycles. The molecule has 0 aliphatic rings. The molecule has 32 heteroatoms. The first kappa shape index (κ1) is 109. The van der Waals surface area contributed by atoms with Crippen molar-refractivity contribution in [3.05, 3.63) is 0 Å². The van der Waals surface area contributed by atoms with E-state index in [1.54, 1.807) is 0 Å². The van der Waals surface area contributed by atoms with Crippen LogP contribution in [0.4, 0.5) is 0 Å². The van der Waals surface area contributed by atoms with Gasteiger partial charge in [0.2, 0.25) is 35.4 Å². The predicted octanol–water partition coefficient (Wildman–Crippen LogP) is 9.23. The molecule has 0 aliphatic heterocycles. The highest BCUT2D eigenvalue weighted by molar-refractivity contribution is 5.88. The summed E-state index contributed by atoms with van der Waals surface area (Å²) in [5, 5.41) is 53.1. The van der Waals surface area contributed by atoms with E-state index < -0.39 is 53.8 Å². The Balaban J connectivity index is 4.65. The maximum Gasteiger partial charge on any atom is 0.326 e. The standard InChI is InChI=1S/C84H146N6O26/c1-3-4-35-74(93)87-48-52-111-56-60-115-64-62-113-58-54-109-50-44-70(91)66-68(33-29-31-46-85-75(94)42-40-72(82(103)104)89-77(96)36-25-21-17-13-9-5-7-11-15-19-23-27-38-79(98)99)81(102)88-49-53-112-57-61-116-65-63-114-59-55-110-51-45-71(92)67-69(84(107)108-2)34-30-32-47-86-76(95)43-41-73(83(105)106)90-78(97)37-26-22-18-14-10-6-8-12-16-20-24-28-39-80(100)101/h1,68-69,72-73H,4-67H2,2H3,(H,85,94)(H,86,95)(H,87,93)(H,88,102)(H,89,96)(H,90,97)(H,98,99)(H,100,101)(H,103,104)(H,105,106)/t68-,69-,72?,73?/m1/s1. The third kappa shape index (κ3) is 74.3. The fourth-order valence-electron chi connectivity index (χ4n) is 12.3. The van der Waals surface area contributed by atoms with E-state index in [1.165, 1.54) is 7.11 Å². The van der Waals surface area contributed by atoms with Crippen LogP contribution in [0.2, 0.25) is 0 Å². The van der Waals surface area contributed by atoms with E-state index in [0.717, 1.165) is 141 Å². The van der Waals surface area contributed by atoms with Gasteiger partial charge >= 0.3 is 29.8 Å². The summed E-state index contributed by atoms with van der Waals surface area (Å²) in [6, 6.07) is -2.41. The Morgan fingerprint density at radius 3 is 0.922 bits per heavy atom. The van der Waals surface area contributed by atoms with Crippen molar-refractivity contribution in [2.75, 3.05) is 139 Å². The molecule has 0 aliphatic carbocycles. The van der Waals surface area contributed by atoms with Crippen LogP contribution < -0.4 is 31.9 Å². The predicted molar refractivity (Wildman–Crippen MR) is 434 cm³/mol. The molecule has 0 bridgehead atoms. The molecule has 116 heavy (non-hydrogen) atoms. The third-order valence-electron chi connectivity index (χ3n) is 19.0. The monoisotopic (exact) mass is 1660 g/mol. The number of hydrogen-bond donors (Lipinski definition) is 10. The fraction of sp³-hybridized carbons (Fsp3) is 0.821. The summed E-state index contributed by atoms with van der Waals surface area (Å²) in [4.78, 5) is 159. The summed E-state index contributed by atoms with van der Waals surface area (Å²) in [7, 11) is 1.25. The zero-order valence-electron chi connectivity index (χ0n) is 69.9. The van der Waals surface area contributed by atoms with Crippen LogP contribution in [0.3, 0.4) is 0 Å². The second-order valence-corrected chi connectivity index (χ2v) is 29.1. The van der Waals surface area contributed by atoms with Crippen molar-refractivity contribution in [3.8, 4) is 12.3 Å². The van der Waals surface area contributed by atoms with Gasteiger partial charge in [0.25, 0.3) is 0 Å². The number of unbranched alkanes of at least 4 members (excludes halogenated alkanes) is 24. The molecule has 0 saturated carbocycles. The number of hydrogen-bond acceptors (Lipinski definition) is 22. The molecule has 32 nitrogen and oxygen atoms in total. The Morgan fingerprint density at radius 2 is 0.586 bits per heavy atom. The van der Waals surface area contributed by atoms with E-state index in [1.807, 2.05) is 0 Å². The topological polar surface area (TPSA) is 458 Å². The van der Waals surface area contributed by atoms with E-state index in [0.29, 0.717) is 97.4 Å². The van der Waals surface area contributed by atoms with Crippen molar-refractivity contribution in [3.63, 3.8) is 0 Å². The molecular weight excluding hydrogens is 1510 g/mol. The van der Waals surface area contributed by atoms with E-state index in [2.05, 4.69) is 37.8 Å². The van der Waals surface area contributed by atoms with Crippen LogP contribution in [-0.4, -0.2) is 248 Å². The number of carbonyl (C=O) groups excluding carboxylic acids is 9. The molecular formula is C84H146N6O26. The number of ether oxygens (including phenoxy) is 9. The number of carbonyl (C=O) groups is 13. The summed E-state index contributed by atoms with van der Waals surface area (Å²) >= 11 is 0. The van der Waals surface area contributed by atoms with E-state index in [4.69, 9.17) is 59.3 Å². The van der Waals surface area contributed by atoms with Crippen LogP contribution in [-0.2, 0) is 105 Å². The maximum atomic E-state index is 13.5. The van der Waals surface area contributed by atoms with Gasteiger partial charge in [-0.15, -0.1) is 12.3 Å². The number of Topliss-reactive ketones (excluding diaryl/α,β-unsaturated/α-hetero) is 2. The largest absolute Gasteiger partial charge is 0.481 e. The molecule has 0 aromatic rings. The maximum absolute atomic E-state index is 13.5. The van der Waals surface area contributed by atoms with Crippen molar-refractivity contribution in [1.82, 2.24) is 31.9 Å². The lowest BCUT2D eigenvalue weighted by molar-refractivity contribution is -0.147. The number of methoxy groups -OCH3 is 1. The van der Waals surface area contributed by atoms with Crippen LogP contribution in [0.25, 0.3) is 0 Å². The number of rotatable bonds is 88. The Bertz CT molecular complexity index is 2670. The first-order valence-corrected chi connectivity index (χ1v) is 42.9. The van der Waals surface area contributed by atoms with Gasteiger partial charge in [0.05, 0.1) is 119 Å². The normalized spacial score (nSPS) is 12.2. The zero-order chi connectivity index (χ0) is 85.4. The molecule has 0 aromatic carbocycles. The van der Waals surface area contributed by atoms with E-state index in [9.17, 15) is 72.5 Å². The lowest BCUT2D eigenvalue weighted by atomic mass is 9.94. The number of nitrogens with one attached hydrogen (secondary N) is 6. The van der Waals surface area contributed by atoms with Gasteiger partial charge in [-0.1, -0.05) is 141 Å². The van der Waals surface area contributed by atoms with Gasteiger partial charge in [0.15, 0.2) is 0 Å². The lowest BCUT2D eigenvalue weighted by Crippen LogP contribution is -2.41. The quantitative estimate of drug-likeness (QED) is 0.0154. The summed E-state index contributed by atoms with van der Waals surface area (Å²) in [5.41, 5.74) is 0. The number of ketones is 2. The third-order valence-corrected chi connectivity index (χ3v) is 19.0. The lowest BCUT2D eigenvalue weighted by Gasteiger charge is -2.17. The fourth-order valence-corrected chi connectivity index (χ4v) is 12.3. The molecule has 0 radical (unpaired) electrons. The SMILES string of the molecule is C#CCCC(=O)NCCOCCOCCOCCOCCC(=O)C[C@@H](CCCCNC(=O)CCC(NC(=O)CCCCCCCCCCCCCCC(=O)O)C(=O)O)C(=O)NCCOCCOCCOCCOCCC(=O)C[C@@H](CCCCNC(=O)CCC(NC(=O)CCCCCCCCCCCCCCC(=O)O)C(=O)O)C(=O)OC. The van der Waals surface area contributed by atoms with Crippen molar-refractivity contribution < 1.29 is 125 Å². The van der Waals surface area contributed by atoms with Crippen LogP contribution in [0, 0.1) is 24.2 Å². The van der Waals surface area contributed by atoms with Crippen molar-refractivity contribution in [2.24, 2.45) is 11.8 Å². The highest BCUT2D eigenvalue weighted by atomic mass is 16.6. The summed E-state index contributed by atoms with van der Waals surface area (Å²) < 4.78 is 49.4. The number of terminal acetylenes is 1. The zero-order valence-corrected chi connectivity index (χ0v) is 69.9. The number of amides is 6. The van der Waals surface area contributed by atoms with Crippen LogP contribution in [0.1, 0.15) is 283 Å². The van der Waals surface area contributed by atoms with Gasteiger partial charge in [-0.25, -0.2) is 9.59 Å². The van der Waals surface area contributed by atoms with Gasteiger partial charge in [0.1, 0.15) is 23.7 Å².